The van der Waals surface area contributed by atoms with E-state index in [-0.39, 0.29) is 5.41 Å². The highest BCUT2D eigenvalue weighted by Crippen LogP contribution is 2.47. The van der Waals surface area contributed by atoms with Crippen molar-refractivity contribution < 1.29 is 8.78 Å². The minimum atomic E-state index is -0.505. The van der Waals surface area contributed by atoms with Gasteiger partial charge in [0, 0.05) is 18.7 Å². The molecule has 0 heterocycles. The third kappa shape index (κ3) is 3.75. The Labute approximate surface area is 114 Å². The molecule has 1 aromatic carbocycles. The van der Waals surface area contributed by atoms with Crippen molar-refractivity contribution in [3.05, 3.63) is 35.4 Å². The van der Waals surface area contributed by atoms with E-state index in [9.17, 15) is 8.78 Å². The van der Waals surface area contributed by atoms with Crippen LogP contribution in [0, 0.1) is 23.0 Å². The van der Waals surface area contributed by atoms with Gasteiger partial charge in [0.15, 0.2) is 0 Å². The van der Waals surface area contributed by atoms with Gasteiger partial charge >= 0.3 is 0 Å². The van der Waals surface area contributed by atoms with Crippen molar-refractivity contribution in [3.63, 3.8) is 0 Å². The Balaban J connectivity index is 2.11. The van der Waals surface area contributed by atoms with E-state index in [1.54, 1.807) is 6.07 Å². The number of benzene rings is 1. The van der Waals surface area contributed by atoms with E-state index in [4.69, 9.17) is 0 Å². The van der Waals surface area contributed by atoms with E-state index in [2.05, 4.69) is 26.1 Å². The summed E-state index contributed by atoms with van der Waals surface area (Å²) in [5, 5.41) is 3.46. The second-order valence-corrected chi connectivity index (χ2v) is 6.38. The molecule has 1 unspecified atom stereocenters. The van der Waals surface area contributed by atoms with Crippen molar-refractivity contribution >= 4 is 0 Å². The SMILES string of the molecule is CC(C)NCC(C)(Cc1ccc(F)cc1F)C1CC1. The van der Waals surface area contributed by atoms with Crippen molar-refractivity contribution in [2.75, 3.05) is 6.54 Å². The maximum Gasteiger partial charge on any atom is 0.129 e. The summed E-state index contributed by atoms with van der Waals surface area (Å²) < 4.78 is 26.8. The molecule has 1 saturated carbocycles. The molecule has 1 aromatic rings. The molecule has 19 heavy (non-hydrogen) atoms. The number of halogens is 2. The first-order valence-electron chi connectivity index (χ1n) is 7.08. The van der Waals surface area contributed by atoms with E-state index in [1.807, 2.05) is 0 Å². The Morgan fingerprint density at radius 3 is 2.53 bits per heavy atom. The average Bonchev–Trinajstić information content (AvgIpc) is 3.15. The highest BCUT2D eigenvalue weighted by molar-refractivity contribution is 5.21. The fourth-order valence-corrected chi connectivity index (χ4v) is 2.67. The number of nitrogens with one attached hydrogen (secondary N) is 1. The first-order chi connectivity index (χ1) is 8.90. The van der Waals surface area contributed by atoms with Gasteiger partial charge in [0.25, 0.3) is 0 Å². The fraction of sp³-hybridized carbons (Fsp3) is 0.625. The normalized spacial score (nSPS) is 18.6. The van der Waals surface area contributed by atoms with Gasteiger partial charge in [-0.2, -0.15) is 0 Å². The number of hydrogen-bond acceptors (Lipinski definition) is 1. The van der Waals surface area contributed by atoms with Crippen molar-refractivity contribution in [3.8, 4) is 0 Å². The first kappa shape index (κ1) is 14.4. The van der Waals surface area contributed by atoms with Crippen LogP contribution in [0.3, 0.4) is 0 Å². The van der Waals surface area contributed by atoms with Crippen molar-refractivity contribution in [2.45, 2.75) is 46.1 Å². The minimum absolute atomic E-state index is 0.0585. The van der Waals surface area contributed by atoms with Crippen LogP contribution in [0.25, 0.3) is 0 Å². The van der Waals surface area contributed by atoms with Gasteiger partial charge in [-0.05, 0) is 42.2 Å². The third-order valence-electron chi connectivity index (χ3n) is 4.09. The van der Waals surface area contributed by atoms with Crippen molar-refractivity contribution in [1.29, 1.82) is 0 Å². The Morgan fingerprint density at radius 1 is 1.32 bits per heavy atom. The zero-order chi connectivity index (χ0) is 14.0. The summed E-state index contributed by atoms with van der Waals surface area (Å²) in [7, 11) is 0. The van der Waals surface area contributed by atoms with Gasteiger partial charge < -0.3 is 5.32 Å². The first-order valence-corrected chi connectivity index (χ1v) is 7.08. The molecule has 1 aliphatic rings. The van der Waals surface area contributed by atoms with Gasteiger partial charge in [-0.1, -0.05) is 26.8 Å². The molecule has 3 heteroatoms. The zero-order valence-corrected chi connectivity index (χ0v) is 12.0. The van der Waals surface area contributed by atoms with Crippen LogP contribution >= 0.6 is 0 Å². The molecule has 0 aliphatic heterocycles. The van der Waals surface area contributed by atoms with E-state index < -0.39 is 11.6 Å². The van der Waals surface area contributed by atoms with E-state index in [0.29, 0.717) is 23.9 Å². The molecule has 0 radical (unpaired) electrons. The van der Waals surface area contributed by atoms with Crippen LogP contribution in [-0.4, -0.2) is 12.6 Å². The fourth-order valence-electron chi connectivity index (χ4n) is 2.67. The second kappa shape index (κ2) is 5.58. The monoisotopic (exact) mass is 267 g/mol. The molecule has 0 saturated heterocycles. The predicted molar refractivity (Wildman–Crippen MR) is 74.0 cm³/mol. The second-order valence-electron chi connectivity index (χ2n) is 6.38. The van der Waals surface area contributed by atoms with Gasteiger partial charge in [0.1, 0.15) is 11.6 Å². The van der Waals surface area contributed by atoms with Crippen molar-refractivity contribution in [1.82, 2.24) is 5.32 Å². The van der Waals surface area contributed by atoms with E-state index in [1.165, 1.54) is 18.9 Å². The van der Waals surface area contributed by atoms with Crippen LogP contribution in [0.2, 0.25) is 0 Å². The third-order valence-corrected chi connectivity index (χ3v) is 4.09. The van der Waals surface area contributed by atoms with Crippen LogP contribution < -0.4 is 5.32 Å². The zero-order valence-electron chi connectivity index (χ0n) is 12.0. The number of rotatable bonds is 6. The predicted octanol–water partition coefficient (Wildman–Crippen LogP) is 3.92. The Morgan fingerprint density at radius 2 is 2.00 bits per heavy atom. The van der Waals surface area contributed by atoms with Crippen LogP contribution in [0.1, 0.15) is 39.2 Å². The highest BCUT2D eigenvalue weighted by atomic mass is 19.1. The van der Waals surface area contributed by atoms with Crippen LogP contribution in [0.15, 0.2) is 18.2 Å². The maximum atomic E-state index is 13.8. The molecule has 0 bridgehead atoms. The molecule has 1 N–H and O–H groups in total. The summed E-state index contributed by atoms with van der Waals surface area (Å²) >= 11 is 0. The van der Waals surface area contributed by atoms with Gasteiger partial charge in [-0.3, -0.25) is 0 Å². The standard InChI is InChI=1S/C16H23F2N/c1-11(2)19-10-16(3,13-5-6-13)9-12-4-7-14(17)8-15(12)18/h4,7-8,11,13,19H,5-6,9-10H2,1-3H3. The number of hydrogen-bond donors (Lipinski definition) is 1. The van der Waals surface area contributed by atoms with Gasteiger partial charge in [-0.15, -0.1) is 0 Å². The minimum Gasteiger partial charge on any atom is -0.314 e. The van der Waals surface area contributed by atoms with Gasteiger partial charge in [0.05, 0.1) is 0 Å². The average molecular weight is 267 g/mol. The lowest BCUT2D eigenvalue weighted by molar-refractivity contribution is 0.245. The van der Waals surface area contributed by atoms with Crippen LogP contribution in [0.5, 0.6) is 0 Å². The summed E-state index contributed by atoms with van der Waals surface area (Å²) in [4.78, 5) is 0. The molecule has 0 aromatic heterocycles. The van der Waals surface area contributed by atoms with E-state index in [0.717, 1.165) is 12.6 Å². The lowest BCUT2D eigenvalue weighted by atomic mass is 9.78. The highest BCUT2D eigenvalue weighted by Gasteiger charge is 2.41. The maximum absolute atomic E-state index is 13.8. The molecule has 0 amide bonds. The Kier molecular flexibility index (Phi) is 4.24. The van der Waals surface area contributed by atoms with Crippen LogP contribution in [0.4, 0.5) is 8.78 Å². The lowest BCUT2D eigenvalue weighted by Gasteiger charge is -2.31. The topological polar surface area (TPSA) is 12.0 Å². The van der Waals surface area contributed by atoms with Crippen LogP contribution in [-0.2, 0) is 6.42 Å². The molecular weight excluding hydrogens is 244 g/mol. The molecule has 106 valence electrons. The quantitative estimate of drug-likeness (QED) is 0.823. The molecule has 1 nitrogen and oxygen atoms in total. The Hall–Kier alpha value is -0.960. The molecule has 0 spiro atoms. The van der Waals surface area contributed by atoms with Gasteiger partial charge in [0.2, 0.25) is 0 Å². The largest absolute Gasteiger partial charge is 0.314 e. The smallest absolute Gasteiger partial charge is 0.129 e. The van der Waals surface area contributed by atoms with Gasteiger partial charge in [-0.25, -0.2) is 8.78 Å². The molecule has 1 aliphatic carbocycles. The molecule has 1 atom stereocenters. The summed E-state index contributed by atoms with van der Waals surface area (Å²) in [6.07, 6.45) is 3.11. The molecular formula is C16H23F2N. The van der Waals surface area contributed by atoms with E-state index >= 15 is 0 Å². The van der Waals surface area contributed by atoms with Crippen molar-refractivity contribution in [2.24, 2.45) is 11.3 Å². The molecule has 1 fully saturated rings. The Bertz CT molecular complexity index is 440. The lowest BCUT2D eigenvalue weighted by Crippen LogP contribution is -2.38. The summed E-state index contributed by atoms with van der Waals surface area (Å²) in [6, 6.07) is 4.34. The summed E-state index contributed by atoms with van der Waals surface area (Å²) in [5.74, 6) is -0.269. The molecule has 2 rings (SSSR count). The summed E-state index contributed by atoms with van der Waals surface area (Å²) in [6.45, 7) is 7.33. The summed E-state index contributed by atoms with van der Waals surface area (Å²) in [5.41, 5.74) is 0.685.